The molecule has 0 aromatic heterocycles. The van der Waals surface area contributed by atoms with Crippen LogP contribution in [0.2, 0.25) is 10.0 Å². The van der Waals surface area contributed by atoms with Gasteiger partial charge in [-0.1, -0.05) is 36.2 Å². The third kappa shape index (κ3) is 3.24. The van der Waals surface area contributed by atoms with Gasteiger partial charge in [0, 0.05) is 17.7 Å². The molecule has 0 spiro atoms. The van der Waals surface area contributed by atoms with Gasteiger partial charge in [0.15, 0.2) is 0 Å². The quantitative estimate of drug-likeness (QED) is 0.723. The monoisotopic (exact) mass is 356 g/mol. The molecule has 0 saturated carbocycles. The lowest BCUT2D eigenvalue weighted by Crippen LogP contribution is -2.44. The summed E-state index contributed by atoms with van der Waals surface area (Å²) in [6.07, 6.45) is 2.13. The van der Waals surface area contributed by atoms with Crippen molar-refractivity contribution < 1.29 is 9.94 Å². The summed E-state index contributed by atoms with van der Waals surface area (Å²) in [5, 5.41) is 15.1. The Balaban J connectivity index is 2.06. The number of nitrogens with one attached hydrogen (secondary N) is 2. The van der Waals surface area contributed by atoms with E-state index in [0.29, 0.717) is 16.1 Å². The van der Waals surface area contributed by atoms with Crippen LogP contribution in [0.5, 0.6) is 0 Å². The van der Waals surface area contributed by atoms with E-state index in [1.807, 2.05) is 18.2 Å². The Labute approximate surface area is 146 Å². The highest BCUT2D eigenvalue weighted by molar-refractivity contribution is 6.42. The number of rotatable bonds is 4. The average molecular weight is 357 g/mol. The highest BCUT2D eigenvalue weighted by Crippen LogP contribution is 2.44. The first kappa shape index (κ1) is 17.1. The molecule has 3 rings (SSSR count). The molecule has 2 fully saturated rings. The zero-order valence-electron chi connectivity index (χ0n) is 13.3. The van der Waals surface area contributed by atoms with Crippen molar-refractivity contribution in [3.05, 3.63) is 45.1 Å². The van der Waals surface area contributed by atoms with Crippen molar-refractivity contribution in [2.45, 2.75) is 50.3 Å². The maximum absolute atomic E-state index is 10.4. The number of benzene rings is 1. The minimum absolute atomic E-state index is 0.0502. The third-order valence-electron chi connectivity index (χ3n) is 4.83. The summed E-state index contributed by atoms with van der Waals surface area (Å²) in [4.78, 5) is 5.15. The van der Waals surface area contributed by atoms with E-state index in [-0.39, 0.29) is 18.1 Å². The van der Waals surface area contributed by atoms with Crippen LogP contribution in [-0.2, 0) is 4.84 Å². The van der Waals surface area contributed by atoms with Crippen LogP contribution in [0.3, 0.4) is 0 Å². The van der Waals surface area contributed by atoms with E-state index < -0.39 is 0 Å². The van der Waals surface area contributed by atoms with E-state index in [4.69, 9.17) is 28.0 Å². The lowest BCUT2D eigenvalue weighted by Gasteiger charge is -2.35. The smallest absolute Gasteiger partial charge is 0.0747 e. The lowest BCUT2D eigenvalue weighted by atomic mass is 9.80. The number of hydrogen-bond donors (Lipinski definition) is 3. The van der Waals surface area contributed by atoms with Crippen molar-refractivity contribution >= 4 is 23.2 Å². The highest BCUT2D eigenvalue weighted by atomic mass is 35.5. The maximum atomic E-state index is 10.4. The van der Waals surface area contributed by atoms with E-state index in [2.05, 4.69) is 17.7 Å². The second kappa shape index (κ2) is 6.99. The molecule has 1 aromatic rings. The summed E-state index contributed by atoms with van der Waals surface area (Å²) >= 11 is 12.3. The van der Waals surface area contributed by atoms with Crippen molar-refractivity contribution in [3.63, 3.8) is 0 Å². The van der Waals surface area contributed by atoms with Crippen molar-refractivity contribution in [2.75, 3.05) is 7.11 Å². The number of halogens is 2. The first-order chi connectivity index (χ1) is 11.0. The van der Waals surface area contributed by atoms with Gasteiger partial charge in [-0.25, -0.2) is 0 Å². The standard InChI is InChI=1S/C17H22Cl2N2O2/c1-3-14(21-23-2)16-11(7-10-8-15(22)17(16)20-10)9-4-5-12(18)13(19)6-9/h4-6,10-11,15,17,20-22H,3,7-8H2,1-2H3/t10?,11-,15?,17+/m1/s1. The number of hydroxylamine groups is 1. The number of aliphatic hydroxyl groups is 1. The molecule has 4 atom stereocenters. The van der Waals surface area contributed by atoms with Gasteiger partial charge in [-0.15, -0.1) is 0 Å². The van der Waals surface area contributed by atoms with Gasteiger partial charge in [-0.3, -0.25) is 10.3 Å². The normalized spacial score (nSPS) is 32.0. The zero-order valence-corrected chi connectivity index (χ0v) is 14.8. The molecule has 4 nitrogen and oxygen atoms in total. The third-order valence-corrected chi connectivity index (χ3v) is 5.57. The van der Waals surface area contributed by atoms with Crippen molar-refractivity contribution in [1.82, 2.24) is 10.8 Å². The van der Waals surface area contributed by atoms with Gasteiger partial charge < -0.3 is 10.4 Å². The first-order valence-electron chi connectivity index (χ1n) is 7.96. The minimum Gasteiger partial charge on any atom is -0.391 e. The Bertz CT molecular complexity index is 621. The van der Waals surface area contributed by atoms with Gasteiger partial charge in [0.2, 0.25) is 0 Å². The Hall–Kier alpha value is -0.780. The molecule has 2 aliphatic heterocycles. The predicted molar refractivity (Wildman–Crippen MR) is 92.6 cm³/mol. The number of aliphatic hydroxyl groups excluding tert-OH is 1. The van der Waals surface area contributed by atoms with E-state index in [1.54, 1.807) is 7.11 Å². The molecular weight excluding hydrogens is 335 g/mol. The lowest BCUT2D eigenvalue weighted by molar-refractivity contribution is 0.111. The summed E-state index contributed by atoms with van der Waals surface area (Å²) < 4.78 is 0. The molecule has 126 valence electrons. The molecule has 2 bridgehead atoms. The van der Waals surface area contributed by atoms with Crippen LogP contribution in [0.4, 0.5) is 0 Å². The molecule has 2 heterocycles. The predicted octanol–water partition coefficient (Wildman–Crippen LogP) is 3.39. The largest absolute Gasteiger partial charge is 0.391 e. The summed E-state index contributed by atoms with van der Waals surface area (Å²) in [6, 6.07) is 6.07. The number of fused-ring (bicyclic) bond motifs is 2. The van der Waals surface area contributed by atoms with Crippen LogP contribution in [-0.4, -0.2) is 30.4 Å². The molecule has 2 unspecified atom stereocenters. The molecule has 3 N–H and O–H groups in total. The Morgan fingerprint density at radius 1 is 1.35 bits per heavy atom. The van der Waals surface area contributed by atoms with Crippen molar-refractivity contribution in [1.29, 1.82) is 0 Å². The zero-order chi connectivity index (χ0) is 16.6. The molecular formula is C17H22Cl2N2O2. The Morgan fingerprint density at radius 3 is 2.78 bits per heavy atom. The molecule has 6 heteroatoms. The fraction of sp³-hybridized carbons (Fsp3) is 0.529. The second-order valence-electron chi connectivity index (χ2n) is 6.20. The fourth-order valence-electron chi connectivity index (χ4n) is 3.85. The molecule has 2 saturated heterocycles. The molecule has 0 radical (unpaired) electrons. The summed E-state index contributed by atoms with van der Waals surface area (Å²) in [6.45, 7) is 2.08. The van der Waals surface area contributed by atoms with Crippen LogP contribution in [0.15, 0.2) is 29.5 Å². The fourth-order valence-corrected chi connectivity index (χ4v) is 4.16. The van der Waals surface area contributed by atoms with Gasteiger partial charge in [-0.05, 0) is 42.5 Å². The van der Waals surface area contributed by atoms with Gasteiger partial charge >= 0.3 is 0 Å². The molecule has 2 aliphatic rings. The van der Waals surface area contributed by atoms with Crippen molar-refractivity contribution in [2.24, 2.45) is 0 Å². The molecule has 0 amide bonds. The van der Waals surface area contributed by atoms with E-state index in [9.17, 15) is 5.11 Å². The van der Waals surface area contributed by atoms with Gasteiger partial charge in [0.1, 0.15) is 0 Å². The van der Waals surface area contributed by atoms with Crippen LogP contribution in [0.25, 0.3) is 0 Å². The van der Waals surface area contributed by atoms with Gasteiger partial charge in [0.05, 0.1) is 29.3 Å². The SMILES string of the molecule is CCC(NOC)=C1[C@H]2NC(CC2O)C[C@@H]1c1ccc(Cl)c(Cl)c1. The first-order valence-corrected chi connectivity index (χ1v) is 8.71. The van der Waals surface area contributed by atoms with Crippen molar-refractivity contribution in [3.8, 4) is 0 Å². The average Bonchev–Trinajstić information content (AvgIpc) is 2.83. The van der Waals surface area contributed by atoms with Crippen LogP contribution >= 0.6 is 23.2 Å². The number of hydrogen-bond acceptors (Lipinski definition) is 4. The van der Waals surface area contributed by atoms with Crippen LogP contribution < -0.4 is 10.8 Å². The number of allylic oxidation sites excluding steroid dienone is 1. The topological polar surface area (TPSA) is 53.5 Å². The van der Waals surface area contributed by atoms with E-state index in [1.165, 1.54) is 0 Å². The molecule has 0 aliphatic carbocycles. The Kier molecular flexibility index (Phi) is 5.19. The summed E-state index contributed by atoms with van der Waals surface area (Å²) in [5.74, 6) is 0.191. The van der Waals surface area contributed by atoms with Crippen LogP contribution in [0.1, 0.15) is 37.7 Å². The van der Waals surface area contributed by atoms with E-state index in [0.717, 1.165) is 36.1 Å². The molecule has 1 aromatic carbocycles. The second-order valence-corrected chi connectivity index (χ2v) is 7.01. The molecule has 23 heavy (non-hydrogen) atoms. The van der Waals surface area contributed by atoms with Gasteiger partial charge in [-0.2, -0.15) is 0 Å². The Morgan fingerprint density at radius 2 is 2.13 bits per heavy atom. The maximum Gasteiger partial charge on any atom is 0.0747 e. The van der Waals surface area contributed by atoms with Gasteiger partial charge in [0.25, 0.3) is 0 Å². The highest BCUT2D eigenvalue weighted by Gasteiger charge is 2.44. The number of piperidine rings is 1. The minimum atomic E-state index is -0.372. The summed E-state index contributed by atoms with van der Waals surface area (Å²) in [5.41, 5.74) is 6.30. The van der Waals surface area contributed by atoms with Crippen LogP contribution in [0, 0.1) is 0 Å². The summed E-state index contributed by atoms with van der Waals surface area (Å²) in [7, 11) is 1.61. The van der Waals surface area contributed by atoms with E-state index >= 15 is 0 Å².